The second-order valence-electron chi connectivity index (χ2n) is 5.24. The predicted molar refractivity (Wildman–Crippen MR) is 87.9 cm³/mol. The van der Waals surface area contributed by atoms with Crippen molar-refractivity contribution in [2.45, 2.75) is 13.3 Å². The van der Waals surface area contributed by atoms with Gasteiger partial charge < -0.3 is 10.6 Å². The summed E-state index contributed by atoms with van der Waals surface area (Å²) in [6.07, 6.45) is 2.42. The highest BCUT2D eigenvalue weighted by Gasteiger charge is 2.21. The number of rotatable bonds is 4. The van der Waals surface area contributed by atoms with Gasteiger partial charge in [0.15, 0.2) is 0 Å². The number of carbonyl (C=O) groups is 1. The number of hydrogen-bond acceptors (Lipinski definition) is 6. The predicted octanol–water partition coefficient (Wildman–Crippen LogP) is 1.40. The summed E-state index contributed by atoms with van der Waals surface area (Å²) in [5.74, 6) is 0.217. The van der Waals surface area contributed by atoms with Crippen LogP contribution in [0.5, 0.6) is 0 Å². The van der Waals surface area contributed by atoms with E-state index >= 15 is 0 Å². The Labute approximate surface area is 138 Å². The van der Waals surface area contributed by atoms with Crippen LogP contribution in [-0.4, -0.2) is 39.7 Å². The summed E-state index contributed by atoms with van der Waals surface area (Å²) >= 11 is 0. The molecule has 9 heteroatoms. The molecular weight excluding hydrogens is 308 g/mol. The largest absolute Gasteiger partial charge is 0.360 e. The maximum absolute atomic E-state index is 12.0. The van der Waals surface area contributed by atoms with Gasteiger partial charge in [0.2, 0.25) is 5.82 Å². The molecule has 0 atom stereocenters. The van der Waals surface area contributed by atoms with E-state index in [0.717, 1.165) is 23.4 Å². The molecule has 0 spiro atoms. The molecule has 3 rings (SSSR count). The van der Waals surface area contributed by atoms with Crippen molar-refractivity contribution in [3.05, 3.63) is 35.8 Å². The van der Waals surface area contributed by atoms with E-state index in [1.165, 1.54) is 6.20 Å². The number of aromatic nitrogens is 4. The zero-order chi connectivity index (χ0) is 16.9. The fraction of sp³-hybridized carbons (Fsp3) is 0.267. The fourth-order valence-electron chi connectivity index (χ4n) is 2.50. The number of nitriles is 1. The summed E-state index contributed by atoms with van der Waals surface area (Å²) < 4.78 is 0. The van der Waals surface area contributed by atoms with Crippen molar-refractivity contribution in [2.24, 2.45) is 0 Å². The van der Waals surface area contributed by atoms with Crippen LogP contribution in [-0.2, 0) is 0 Å². The Balaban J connectivity index is 1.86. The van der Waals surface area contributed by atoms with Gasteiger partial charge in [-0.15, -0.1) is 10.2 Å². The highest BCUT2D eigenvalue weighted by atomic mass is 16.2. The van der Waals surface area contributed by atoms with Crippen molar-refractivity contribution < 1.29 is 4.79 Å². The smallest absolute Gasteiger partial charge is 0.321 e. The zero-order valence-electron chi connectivity index (χ0n) is 13.1. The minimum Gasteiger partial charge on any atom is -0.360 e. The van der Waals surface area contributed by atoms with Crippen LogP contribution >= 0.6 is 0 Å². The second kappa shape index (κ2) is 6.78. The van der Waals surface area contributed by atoms with E-state index in [2.05, 4.69) is 31.3 Å². The van der Waals surface area contributed by atoms with E-state index in [9.17, 15) is 10.1 Å². The molecule has 1 fully saturated rings. The van der Waals surface area contributed by atoms with E-state index in [1.54, 1.807) is 4.90 Å². The first-order valence-corrected chi connectivity index (χ1v) is 7.46. The maximum Gasteiger partial charge on any atom is 0.321 e. The van der Waals surface area contributed by atoms with Crippen LogP contribution in [0.15, 0.2) is 24.4 Å². The molecule has 0 bridgehead atoms. The van der Waals surface area contributed by atoms with Crippen LogP contribution in [0.2, 0.25) is 0 Å². The van der Waals surface area contributed by atoms with Gasteiger partial charge in [0.05, 0.1) is 5.69 Å². The van der Waals surface area contributed by atoms with Crippen LogP contribution in [0.25, 0.3) is 5.57 Å². The Morgan fingerprint density at radius 2 is 2.38 bits per heavy atom. The normalized spacial score (nSPS) is 14.9. The minimum atomic E-state index is -0.0958. The number of nitrogens with one attached hydrogen (secondary N) is 3. The van der Waals surface area contributed by atoms with Gasteiger partial charge in [0.25, 0.3) is 0 Å². The molecule has 1 aromatic heterocycles. The second-order valence-corrected chi connectivity index (χ2v) is 5.24. The topological polar surface area (TPSA) is 123 Å². The van der Waals surface area contributed by atoms with Crippen molar-refractivity contribution in [2.75, 3.05) is 23.3 Å². The standard InChI is InChI=1S/C15H16N8O/c1-10-12(18-9-11(8-16)14-19-21-22-20-14)4-2-5-13(10)23-7-3-6-17-15(23)24/h2,4-5,9,18H,3,6-7H2,1H3,(H,17,24)(H,19,20,21,22). The molecule has 2 aromatic rings. The van der Waals surface area contributed by atoms with E-state index in [1.807, 2.05) is 31.2 Å². The number of tetrazole rings is 1. The van der Waals surface area contributed by atoms with E-state index in [-0.39, 0.29) is 17.4 Å². The van der Waals surface area contributed by atoms with Crippen molar-refractivity contribution in [3.8, 4) is 6.07 Å². The molecule has 1 aliphatic rings. The molecule has 0 radical (unpaired) electrons. The van der Waals surface area contributed by atoms with Gasteiger partial charge in [-0.3, -0.25) is 4.90 Å². The first-order valence-electron chi connectivity index (χ1n) is 7.46. The molecule has 122 valence electrons. The van der Waals surface area contributed by atoms with Gasteiger partial charge in [-0.1, -0.05) is 6.07 Å². The average molecular weight is 324 g/mol. The summed E-state index contributed by atoms with van der Waals surface area (Å²) in [5, 5.41) is 28.4. The van der Waals surface area contributed by atoms with Gasteiger partial charge in [-0.2, -0.15) is 10.5 Å². The number of allylic oxidation sites excluding steroid dienone is 1. The summed E-state index contributed by atoms with van der Waals surface area (Å²) in [4.78, 5) is 13.8. The number of amides is 2. The number of carbonyl (C=O) groups excluding carboxylic acids is 1. The van der Waals surface area contributed by atoms with Crippen molar-refractivity contribution in [3.63, 3.8) is 0 Å². The maximum atomic E-state index is 12.0. The van der Waals surface area contributed by atoms with E-state index < -0.39 is 0 Å². The molecule has 24 heavy (non-hydrogen) atoms. The highest BCUT2D eigenvalue weighted by molar-refractivity contribution is 5.94. The first-order chi connectivity index (χ1) is 11.7. The molecule has 1 aromatic carbocycles. The van der Waals surface area contributed by atoms with Crippen LogP contribution in [0, 0.1) is 18.3 Å². The first kappa shape index (κ1) is 15.5. The van der Waals surface area contributed by atoms with E-state index in [4.69, 9.17) is 0 Å². The van der Waals surface area contributed by atoms with E-state index in [0.29, 0.717) is 13.1 Å². The SMILES string of the molecule is Cc1c(NC=C(C#N)c2nn[nH]n2)cccc1N1CCCNC1=O. The molecule has 2 amide bonds. The highest BCUT2D eigenvalue weighted by Crippen LogP contribution is 2.28. The van der Waals surface area contributed by atoms with Gasteiger partial charge in [-0.25, -0.2) is 4.79 Å². The molecule has 2 heterocycles. The summed E-state index contributed by atoms with van der Waals surface area (Å²) in [7, 11) is 0. The molecule has 1 saturated heterocycles. The van der Waals surface area contributed by atoms with Crippen molar-refractivity contribution in [1.82, 2.24) is 25.9 Å². The van der Waals surface area contributed by atoms with Crippen LogP contribution in [0.3, 0.4) is 0 Å². The monoisotopic (exact) mass is 324 g/mol. The fourth-order valence-corrected chi connectivity index (χ4v) is 2.50. The number of benzene rings is 1. The Morgan fingerprint density at radius 1 is 1.50 bits per heavy atom. The van der Waals surface area contributed by atoms with Gasteiger partial charge in [-0.05, 0) is 36.3 Å². The number of aromatic amines is 1. The number of urea groups is 1. The molecule has 0 aliphatic carbocycles. The zero-order valence-corrected chi connectivity index (χ0v) is 13.1. The number of H-pyrrole nitrogens is 1. The van der Waals surface area contributed by atoms with Crippen LogP contribution < -0.4 is 15.5 Å². The third-order valence-corrected chi connectivity index (χ3v) is 3.75. The van der Waals surface area contributed by atoms with Gasteiger partial charge in [0, 0.05) is 25.0 Å². The molecule has 0 unspecified atom stereocenters. The molecule has 9 nitrogen and oxygen atoms in total. The van der Waals surface area contributed by atoms with Crippen LogP contribution in [0.1, 0.15) is 17.8 Å². The molecule has 1 aliphatic heterocycles. The lowest BCUT2D eigenvalue weighted by Crippen LogP contribution is -2.46. The van der Waals surface area contributed by atoms with Gasteiger partial charge >= 0.3 is 6.03 Å². The Kier molecular flexibility index (Phi) is 4.38. The minimum absolute atomic E-state index is 0.0958. The Bertz CT molecular complexity index is 805. The number of nitrogens with zero attached hydrogens (tertiary/aromatic N) is 5. The average Bonchev–Trinajstić information content (AvgIpc) is 3.12. The lowest BCUT2D eigenvalue weighted by Gasteiger charge is -2.29. The molecular formula is C15H16N8O. The lowest BCUT2D eigenvalue weighted by molar-refractivity contribution is 0.243. The summed E-state index contributed by atoms with van der Waals surface area (Å²) in [5.41, 5.74) is 2.80. The third-order valence-electron chi connectivity index (χ3n) is 3.75. The van der Waals surface area contributed by atoms with Gasteiger partial charge in [0.1, 0.15) is 11.6 Å². The quantitative estimate of drug-likeness (QED) is 0.731. The molecule has 0 saturated carbocycles. The number of anilines is 2. The molecule has 3 N–H and O–H groups in total. The summed E-state index contributed by atoms with van der Waals surface area (Å²) in [6, 6.07) is 7.56. The Hall–Kier alpha value is -3.41. The van der Waals surface area contributed by atoms with Crippen LogP contribution in [0.4, 0.5) is 16.2 Å². The summed E-state index contributed by atoms with van der Waals surface area (Å²) in [6.45, 7) is 3.30. The van der Waals surface area contributed by atoms with Crippen molar-refractivity contribution in [1.29, 1.82) is 5.26 Å². The Morgan fingerprint density at radius 3 is 3.08 bits per heavy atom. The van der Waals surface area contributed by atoms with Crippen molar-refractivity contribution >= 4 is 23.0 Å². The lowest BCUT2D eigenvalue weighted by atomic mass is 10.1. The number of hydrogen-bond donors (Lipinski definition) is 3. The third kappa shape index (κ3) is 3.03.